The SMILES string of the molecule is NCCn1c(-c2cccc(Br)c2)nc2ccccc21. The van der Waals surface area contributed by atoms with Gasteiger partial charge in [-0.05, 0) is 24.3 Å². The molecule has 0 amide bonds. The first-order valence-electron chi connectivity index (χ1n) is 6.21. The van der Waals surface area contributed by atoms with Crippen LogP contribution in [-0.4, -0.2) is 16.1 Å². The fourth-order valence-corrected chi connectivity index (χ4v) is 2.68. The van der Waals surface area contributed by atoms with Crippen molar-refractivity contribution in [1.29, 1.82) is 0 Å². The number of imidazole rings is 1. The molecule has 4 heteroatoms. The summed E-state index contributed by atoms with van der Waals surface area (Å²) in [6, 6.07) is 16.3. The Kier molecular flexibility index (Phi) is 3.36. The Labute approximate surface area is 120 Å². The van der Waals surface area contributed by atoms with Gasteiger partial charge in [-0.2, -0.15) is 0 Å². The summed E-state index contributed by atoms with van der Waals surface area (Å²) in [5.41, 5.74) is 8.96. The molecule has 0 spiro atoms. The van der Waals surface area contributed by atoms with Crippen LogP contribution in [0.4, 0.5) is 0 Å². The van der Waals surface area contributed by atoms with Gasteiger partial charge in [-0.25, -0.2) is 4.98 Å². The van der Waals surface area contributed by atoms with E-state index in [1.165, 1.54) is 0 Å². The Hall–Kier alpha value is -1.65. The highest BCUT2D eigenvalue weighted by Gasteiger charge is 2.11. The van der Waals surface area contributed by atoms with E-state index in [0.29, 0.717) is 6.54 Å². The minimum absolute atomic E-state index is 0.599. The second-order valence-electron chi connectivity index (χ2n) is 4.37. The third kappa shape index (κ3) is 2.29. The number of hydrogen-bond acceptors (Lipinski definition) is 2. The molecule has 2 N–H and O–H groups in total. The number of nitrogens with zero attached hydrogens (tertiary/aromatic N) is 2. The molecule has 0 aliphatic carbocycles. The van der Waals surface area contributed by atoms with Crippen molar-refractivity contribution in [2.45, 2.75) is 6.54 Å². The Balaban J connectivity index is 2.25. The van der Waals surface area contributed by atoms with Gasteiger partial charge in [-0.15, -0.1) is 0 Å². The lowest BCUT2D eigenvalue weighted by atomic mass is 10.2. The Morgan fingerprint density at radius 2 is 1.95 bits per heavy atom. The second kappa shape index (κ2) is 5.15. The van der Waals surface area contributed by atoms with Gasteiger partial charge in [0.1, 0.15) is 5.82 Å². The van der Waals surface area contributed by atoms with Crippen molar-refractivity contribution in [2.24, 2.45) is 5.73 Å². The fourth-order valence-electron chi connectivity index (χ4n) is 2.28. The standard InChI is InChI=1S/C15H14BrN3/c16-12-5-3-4-11(10-12)15-18-13-6-1-2-7-14(13)19(15)9-8-17/h1-7,10H,8-9,17H2. The number of rotatable bonds is 3. The van der Waals surface area contributed by atoms with E-state index in [-0.39, 0.29) is 0 Å². The van der Waals surface area contributed by atoms with Crippen LogP contribution in [0.2, 0.25) is 0 Å². The molecule has 0 atom stereocenters. The van der Waals surface area contributed by atoms with E-state index in [9.17, 15) is 0 Å². The van der Waals surface area contributed by atoms with Crippen LogP contribution in [-0.2, 0) is 6.54 Å². The van der Waals surface area contributed by atoms with Crippen molar-refractivity contribution in [3.63, 3.8) is 0 Å². The molecule has 0 saturated carbocycles. The summed E-state index contributed by atoms with van der Waals surface area (Å²) in [4.78, 5) is 4.73. The van der Waals surface area contributed by atoms with Crippen LogP contribution < -0.4 is 5.73 Å². The predicted molar refractivity (Wildman–Crippen MR) is 81.9 cm³/mol. The molecule has 0 aliphatic heterocycles. The molecular weight excluding hydrogens is 302 g/mol. The molecule has 19 heavy (non-hydrogen) atoms. The number of halogens is 1. The van der Waals surface area contributed by atoms with Crippen molar-refractivity contribution in [3.05, 3.63) is 53.0 Å². The molecule has 3 rings (SSSR count). The van der Waals surface area contributed by atoms with E-state index in [1.54, 1.807) is 0 Å². The third-order valence-electron chi connectivity index (χ3n) is 3.09. The average Bonchev–Trinajstić information content (AvgIpc) is 2.79. The average molecular weight is 316 g/mol. The first kappa shape index (κ1) is 12.4. The smallest absolute Gasteiger partial charge is 0.141 e. The number of aromatic nitrogens is 2. The summed E-state index contributed by atoms with van der Waals surface area (Å²) >= 11 is 3.51. The highest BCUT2D eigenvalue weighted by molar-refractivity contribution is 9.10. The zero-order valence-corrected chi connectivity index (χ0v) is 12.0. The number of benzene rings is 2. The van der Waals surface area contributed by atoms with Gasteiger partial charge in [0.25, 0.3) is 0 Å². The van der Waals surface area contributed by atoms with Crippen LogP contribution in [0.15, 0.2) is 53.0 Å². The topological polar surface area (TPSA) is 43.8 Å². The maximum absolute atomic E-state index is 5.73. The van der Waals surface area contributed by atoms with E-state index < -0.39 is 0 Å². The largest absolute Gasteiger partial charge is 0.329 e. The van der Waals surface area contributed by atoms with Gasteiger partial charge in [0, 0.05) is 23.1 Å². The van der Waals surface area contributed by atoms with Crippen LogP contribution in [0.25, 0.3) is 22.4 Å². The molecule has 3 aromatic rings. The van der Waals surface area contributed by atoms with E-state index >= 15 is 0 Å². The van der Waals surface area contributed by atoms with Crippen molar-refractivity contribution >= 4 is 27.0 Å². The van der Waals surface area contributed by atoms with Gasteiger partial charge in [-0.3, -0.25) is 0 Å². The molecule has 1 heterocycles. The van der Waals surface area contributed by atoms with Crippen LogP contribution in [0.1, 0.15) is 0 Å². The molecule has 0 fully saturated rings. The molecular formula is C15H14BrN3. The first-order valence-corrected chi connectivity index (χ1v) is 7.00. The number of hydrogen-bond donors (Lipinski definition) is 1. The highest BCUT2D eigenvalue weighted by Crippen LogP contribution is 2.26. The Morgan fingerprint density at radius 1 is 1.11 bits per heavy atom. The first-order chi connectivity index (χ1) is 9.29. The normalized spacial score (nSPS) is 11.1. The molecule has 0 aliphatic rings. The summed E-state index contributed by atoms with van der Waals surface area (Å²) in [7, 11) is 0. The quantitative estimate of drug-likeness (QED) is 0.804. The molecule has 2 aromatic carbocycles. The molecule has 96 valence electrons. The van der Waals surface area contributed by atoms with Gasteiger partial charge < -0.3 is 10.3 Å². The van der Waals surface area contributed by atoms with E-state index in [1.807, 2.05) is 30.3 Å². The summed E-state index contributed by atoms with van der Waals surface area (Å²) in [5.74, 6) is 0.966. The van der Waals surface area contributed by atoms with E-state index in [0.717, 1.165) is 33.4 Å². The van der Waals surface area contributed by atoms with Crippen molar-refractivity contribution in [1.82, 2.24) is 9.55 Å². The lowest BCUT2D eigenvalue weighted by Crippen LogP contribution is -2.10. The molecule has 0 radical (unpaired) electrons. The summed E-state index contributed by atoms with van der Waals surface area (Å²) in [6.07, 6.45) is 0. The molecule has 0 unspecified atom stereocenters. The van der Waals surface area contributed by atoms with Crippen LogP contribution >= 0.6 is 15.9 Å². The van der Waals surface area contributed by atoms with Crippen LogP contribution in [0, 0.1) is 0 Å². The van der Waals surface area contributed by atoms with Crippen LogP contribution in [0.3, 0.4) is 0 Å². The number of fused-ring (bicyclic) bond motifs is 1. The maximum Gasteiger partial charge on any atom is 0.141 e. The molecule has 3 nitrogen and oxygen atoms in total. The minimum Gasteiger partial charge on any atom is -0.329 e. The zero-order chi connectivity index (χ0) is 13.2. The van der Waals surface area contributed by atoms with Gasteiger partial charge in [0.05, 0.1) is 11.0 Å². The monoisotopic (exact) mass is 315 g/mol. The van der Waals surface area contributed by atoms with E-state index in [4.69, 9.17) is 10.7 Å². The summed E-state index contributed by atoms with van der Waals surface area (Å²) < 4.78 is 3.23. The lowest BCUT2D eigenvalue weighted by molar-refractivity contribution is 0.735. The number of nitrogens with two attached hydrogens (primary N) is 1. The van der Waals surface area contributed by atoms with Gasteiger partial charge in [-0.1, -0.05) is 40.2 Å². The maximum atomic E-state index is 5.73. The fraction of sp³-hybridized carbons (Fsp3) is 0.133. The van der Waals surface area contributed by atoms with Crippen molar-refractivity contribution in [3.8, 4) is 11.4 Å². The van der Waals surface area contributed by atoms with Crippen molar-refractivity contribution in [2.75, 3.05) is 6.54 Å². The van der Waals surface area contributed by atoms with Gasteiger partial charge >= 0.3 is 0 Å². The number of para-hydroxylation sites is 2. The predicted octanol–water partition coefficient (Wildman–Crippen LogP) is 3.42. The third-order valence-corrected chi connectivity index (χ3v) is 3.58. The lowest BCUT2D eigenvalue weighted by Gasteiger charge is -2.07. The summed E-state index contributed by atoms with van der Waals surface area (Å²) in [5, 5.41) is 0. The molecule has 0 bridgehead atoms. The molecule has 1 aromatic heterocycles. The van der Waals surface area contributed by atoms with Crippen molar-refractivity contribution < 1.29 is 0 Å². The Morgan fingerprint density at radius 3 is 2.74 bits per heavy atom. The zero-order valence-electron chi connectivity index (χ0n) is 10.4. The Bertz CT molecular complexity index is 718. The molecule has 0 saturated heterocycles. The van der Waals surface area contributed by atoms with Crippen LogP contribution in [0.5, 0.6) is 0 Å². The van der Waals surface area contributed by atoms with E-state index in [2.05, 4.69) is 38.7 Å². The highest BCUT2D eigenvalue weighted by atomic mass is 79.9. The van der Waals surface area contributed by atoms with Gasteiger partial charge in [0.2, 0.25) is 0 Å². The summed E-state index contributed by atoms with van der Waals surface area (Å²) in [6.45, 7) is 1.36. The minimum atomic E-state index is 0.599. The van der Waals surface area contributed by atoms with Gasteiger partial charge in [0.15, 0.2) is 0 Å². The second-order valence-corrected chi connectivity index (χ2v) is 5.29.